The Labute approximate surface area is 183 Å². The van der Waals surface area contributed by atoms with Crippen molar-refractivity contribution in [3.05, 3.63) is 71.8 Å². The normalized spacial score (nSPS) is 16.9. The Bertz CT molecular complexity index is 1050. The lowest BCUT2D eigenvalue weighted by molar-refractivity contribution is -0.121. The minimum Gasteiger partial charge on any atom is -0.494 e. The van der Waals surface area contributed by atoms with Crippen molar-refractivity contribution >= 4 is 5.91 Å². The number of pyridine rings is 1. The molecular weight excluding hydrogens is 388 g/mol. The van der Waals surface area contributed by atoms with Crippen molar-refractivity contribution < 1.29 is 9.53 Å². The highest BCUT2D eigenvalue weighted by Crippen LogP contribution is 2.40. The molecule has 0 bridgehead atoms. The van der Waals surface area contributed by atoms with Crippen LogP contribution in [0.2, 0.25) is 0 Å². The van der Waals surface area contributed by atoms with Crippen molar-refractivity contribution in [2.45, 2.75) is 46.1 Å². The fraction of sp³-hybridized carbons (Fsp3) is 0.360. The molecule has 0 fully saturated rings. The summed E-state index contributed by atoms with van der Waals surface area (Å²) in [6.45, 7) is 7.02. The first-order valence-electron chi connectivity index (χ1n) is 10.7. The van der Waals surface area contributed by atoms with Crippen molar-refractivity contribution in [1.29, 1.82) is 0 Å². The Hall–Kier alpha value is -3.28. The molecular formula is C25H28N4O2. The third-order valence-corrected chi connectivity index (χ3v) is 5.55. The average Bonchev–Trinajstić information content (AvgIpc) is 2.74. The molecule has 0 spiro atoms. The van der Waals surface area contributed by atoms with E-state index in [9.17, 15) is 4.79 Å². The molecule has 6 nitrogen and oxygen atoms in total. The molecule has 0 saturated heterocycles. The first-order valence-corrected chi connectivity index (χ1v) is 10.7. The Morgan fingerprint density at radius 3 is 2.61 bits per heavy atom. The van der Waals surface area contributed by atoms with Crippen molar-refractivity contribution in [2.75, 3.05) is 6.61 Å². The molecule has 0 saturated carbocycles. The van der Waals surface area contributed by atoms with E-state index in [1.165, 1.54) is 0 Å². The Balaban J connectivity index is 1.51. The minimum atomic E-state index is -0.0968. The van der Waals surface area contributed by atoms with E-state index in [0.717, 1.165) is 41.0 Å². The molecule has 0 radical (unpaired) electrons. The highest BCUT2D eigenvalue weighted by atomic mass is 16.5. The summed E-state index contributed by atoms with van der Waals surface area (Å²) in [6, 6.07) is 11.4. The number of amides is 1. The average molecular weight is 417 g/mol. The summed E-state index contributed by atoms with van der Waals surface area (Å²) >= 11 is 0. The van der Waals surface area contributed by atoms with Crippen LogP contribution in [0.15, 0.2) is 55.0 Å². The van der Waals surface area contributed by atoms with Gasteiger partial charge in [-0.3, -0.25) is 9.78 Å². The topological polar surface area (TPSA) is 77.0 Å². The van der Waals surface area contributed by atoms with E-state index in [-0.39, 0.29) is 17.4 Å². The number of ether oxygens (including phenoxy) is 1. The van der Waals surface area contributed by atoms with Crippen LogP contribution in [0.4, 0.5) is 0 Å². The second-order valence-electron chi connectivity index (χ2n) is 8.75. The first kappa shape index (κ1) is 21.0. The van der Waals surface area contributed by atoms with Gasteiger partial charge in [0.05, 0.1) is 24.8 Å². The summed E-state index contributed by atoms with van der Waals surface area (Å²) in [5, 5.41) is 3.22. The lowest BCUT2D eigenvalue weighted by Crippen LogP contribution is -2.37. The zero-order valence-electron chi connectivity index (χ0n) is 18.3. The Morgan fingerprint density at radius 2 is 1.90 bits per heavy atom. The second kappa shape index (κ2) is 8.84. The van der Waals surface area contributed by atoms with Gasteiger partial charge in [0.25, 0.3) is 0 Å². The van der Waals surface area contributed by atoms with E-state index < -0.39 is 0 Å². The van der Waals surface area contributed by atoms with Gasteiger partial charge in [-0.15, -0.1) is 0 Å². The summed E-state index contributed by atoms with van der Waals surface area (Å²) in [5.41, 5.74) is 3.95. The van der Waals surface area contributed by atoms with E-state index in [2.05, 4.69) is 29.1 Å². The summed E-state index contributed by atoms with van der Waals surface area (Å²) < 4.78 is 5.47. The lowest BCUT2D eigenvalue weighted by atomic mass is 9.74. The Morgan fingerprint density at radius 1 is 1.16 bits per heavy atom. The quantitative estimate of drug-likeness (QED) is 0.648. The van der Waals surface area contributed by atoms with Crippen LogP contribution in [0.5, 0.6) is 5.75 Å². The van der Waals surface area contributed by atoms with Gasteiger partial charge in [0.1, 0.15) is 5.75 Å². The van der Waals surface area contributed by atoms with Crippen LogP contribution in [0.25, 0.3) is 11.4 Å². The molecule has 31 heavy (non-hydrogen) atoms. The van der Waals surface area contributed by atoms with Crippen molar-refractivity contribution in [3.63, 3.8) is 0 Å². The standard InChI is InChI=1S/C25H28N4O2/c1-4-31-19-7-5-17(6-8-19)13-23(30)28-21-14-25(2,3)15-22-20(21)16-27-24(29-22)18-9-11-26-12-10-18/h5-12,16,21H,4,13-15H2,1-3H3,(H,28,30)/t21-/m1/s1. The molecule has 4 rings (SSSR count). The number of carbonyl (C=O) groups excluding carboxylic acids is 1. The molecule has 1 aliphatic carbocycles. The first-order chi connectivity index (χ1) is 14.9. The van der Waals surface area contributed by atoms with E-state index in [1.807, 2.05) is 49.5 Å². The van der Waals surface area contributed by atoms with Gasteiger partial charge < -0.3 is 10.1 Å². The summed E-state index contributed by atoms with van der Waals surface area (Å²) in [4.78, 5) is 26.3. The highest BCUT2D eigenvalue weighted by Gasteiger charge is 2.34. The van der Waals surface area contributed by atoms with Crippen LogP contribution < -0.4 is 10.1 Å². The number of fused-ring (bicyclic) bond motifs is 1. The molecule has 6 heteroatoms. The molecule has 1 aliphatic rings. The summed E-state index contributed by atoms with van der Waals surface area (Å²) in [7, 11) is 0. The van der Waals surface area contributed by atoms with Gasteiger partial charge in [-0.2, -0.15) is 0 Å². The van der Waals surface area contributed by atoms with Gasteiger partial charge in [0.2, 0.25) is 5.91 Å². The fourth-order valence-electron chi connectivity index (χ4n) is 4.12. The van der Waals surface area contributed by atoms with Crippen LogP contribution in [-0.2, 0) is 17.6 Å². The number of aromatic nitrogens is 3. The number of nitrogens with one attached hydrogen (secondary N) is 1. The zero-order valence-corrected chi connectivity index (χ0v) is 18.3. The van der Waals surface area contributed by atoms with Gasteiger partial charge in [0.15, 0.2) is 5.82 Å². The van der Waals surface area contributed by atoms with E-state index in [1.54, 1.807) is 12.4 Å². The Kier molecular flexibility index (Phi) is 5.98. The number of rotatable bonds is 6. The maximum absolute atomic E-state index is 12.8. The maximum Gasteiger partial charge on any atom is 0.224 e. The van der Waals surface area contributed by atoms with Gasteiger partial charge >= 0.3 is 0 Å². The number of nitrogens with zero attached hydrogens (tertiary/aromatic N) is 3. The molecule has 160 valence electrons. The van der Waals surface area contributed by atoms with Crippen LogP contribution in [0.3, 0.4) is 0 Å². The van der Waals surface area contributed by atoms with Crippen molar-refractivity contribution in [3.8, 4) is 17.1 Å². The molecule has 2 heterocycles. The highest BCUT2D eigenvalue weighted by molar-refractivity contribution is 5.79. The van der Waals surface area contributed by atoms with Gasteiger partial charge in [-0.25, -0.2) is 9.97 Å². The molecule has 3 aromatic rings. The smallest absolute Gasteiger partial charge is 0.224 e. The molecule has 0 aliphatic heterocycles. The van der Waals surface area contributed by atoms with Gasteiger partial charge in [0, 0.05) is 29.7 Å². The predicted octanol–water partition coefficient (Wildman–Crippen LogP) is 4.31. The van der Waals surface area contributed by atoms with Crippen LogP contribution >= 0.6 is 0 Å². The van der Waals surface area contributed by atoms with Crippen molar-refractivity contribution in [2.24, 2.45) is 5.41 Å². The third kappa shape index (κ3) is 5.08. The van der Waals surface area contributed by atoms with E-state index >= 15 is 0 Å². The molecule has 1 aromatic carbocycles. The predicted molar refractivity (Wildman–Crippen MR) is 120 cm³/mol. The van der Waals surface area contributed by atoms with Crippen LogP contribution in [0, 0.1) is 5.41 Å². The monoisotopic (exact) mass is 416 g/mol. The third-order valence-electron chi connectivity index (χ3n) is 5.55. The maximum atomic E-state index is 12.8. The second-order valence-corrected chi connectivity index (χ2v) is 8.75. The van der Waals surface area contributed by atoms with Crippen LogP contribution in [0.1, 0.15) is 50.1 Å². The van der Waals surface area contributed by atoms with Crippen LogP contribution in [-0.4, -0.2) is 27.5 Å². The molecule has 1 atom stereocenters. The minimum absolute atomic E-state index is 0.00369. The number of benzene rings is 1. The zero-order chi connectivity index (χ0) is 21.8. The fourth-order valence-corrected chi connectivity index (χ4v) is 4.12. The number of carbonyl (C=O) groups is 1. The molecule has 1 N–H and O–H groups in total. The van der Waals surface area contributed by atoms with Crippen molar-refractivity contribution in [1.82, 2.24) is 20.3 Å². The number of hydrogen-bond donors (Lipinski definition) is 1. The molecule has 2 aromatic heterocycles. The number of hydrogen-bond acceptors (Lipinski definition) is 5. The van der Waals surface area contributed by atoms with Gasteiger partial charge in [-0.1, -0.05) is 26.0 Å². The molecule has 0 unspecified atom stereocenters. The lowest BCUT2D eigenvalue weighted by Gasteiger charge is -2.36. The molecule has 1 amide bonds. The summed E-state index contributed by atoms with van der Waals surface area (Å²) in [5.74, 6) is 1.51. The van der Waals surface area contributed by atoms with Gasteiger partial charge in [-0.05, 0) is 55.0 Å². The SMILES string of the molecule is CCOc1ccc(CC(=O)N[C@@H]2CC(C)(C)Cc3nc(-c4ccncc4)ncc32)cc1. The largest absolute Gasteiger partial charge is 0.494 e. The summed E-state index contributed by atoms with van der Waals surface area (Å²) in [6.07, 6.45) is 7.39. The van der Waals surface area contributed by atoms with E-state index in [0.29, 0.717) is 18.9 Å². The van der Waals surface area contributed by atoms with E-state index in [4.69, 9.17) is 9.72 Å².